The minimum atomic E-state index is 0.321. The molecule has 20 heavy (non-hydrogen) atoms. The first-order chi connectivity index (χ1) is 9.88. The van der Waals surface area contributed by atoms with Gasteiger partial charge in [-0.2, -0.15) is 0 Å². The van der Waals surface area contributed by atoms with Crippen LogP contribution in [0.5, 0.6) is 0 Å². The fourth-order valence-corrected chi connectivity index (χ4v) is 3.15. The molecule has 0 saturated carbocycles. The lowest BCUT2D eigenvalue weighted by molar-refractivity contribution is 0.518. The van der Waals surface area contributed by atoms with E-state index in [2.05, 4.69) is 46.5 Å². The highest BCUT2D eigenvalue weighted by atomic mass is 32.1. The van der Waals surface area contributed by atoms with Crippen LogP contribution in [0.2, 0.25) is 0 Å². The number of nitrogens with one attached hydrogen (secondary N) is 1. The quantitative estimate of drug-likeness (QED) is 0.771. The Morgan fingerprint density at radius 3 is 2.85 bits per heavy atom. The molecule has 0 saturated heterocycles. The smallest absolute Gasteiger partial charge is 0.109 e. The van der Waals surface area contributed by atoms with Crippen LogP contribution < -0.4 is 5.32 Å². The van der Waals surface area contributed by atoms with Crippen molar-refractivity contribution in [3.05, 3.63) is 58.7 Å². The van der Waals surface area contributed by atoms with Crippen molar-refractivity contribution in [3.63, 3.8) is 0 Å². The highest BCUT2D eigenvalue weighted by molar-refractivity contribution is 7.09. The molecule has 0 amide bonds. The number of hydrogen-bond acceptors (Lipinski definition) is 4. The summed E-state index contributed by atoms with van der Waals surface area (Å²) in [5, 5.41) is 8.01. The van der Waals surface area contributed by atoms with Gasteiger partial charge < -0.3 is 5.32 Å². The predicted octanol–water partition coefficient (Wildman–Crippen LogP) is 3.93. The van der Waals surface area contributed by atoms with E-state index in [0.717, 1.165) is 23.5 Å². The van der Waals surface area contributed by atoms with Gasteiger partial charge in [0.15, 0.2) is 0 Å². The normalized spacial score (nSPS) is 12.7. The third kappa shape index (κ3) is 2.71. The fourth-order valence-electron chi connectivity index (χ4n) is 2.36. The highest BCUT2D eigenvalue weighted by Gasteiger charge is 2.11. The summed E-state index contributed by atoms with van der Waals surface area (Å²) in [6, 6.07) is 10.7. The molecular weight excluding hydrogens is 266 g/mol. The van der Waals surface area contributed by atoms with Crippen molar-refractivity contribution in [3.8, 4) is 0 Å². The van der Waals surface area contributed by atoms with Crippen molar-refractivity contribution in [1.29, 1.82) is 0 Å². The van der Waals surface area contributed by atoms with Crippen LogP contribution in [-0.2, 0) is 6.54 Å². The largest absolute Gasteiger partial charge is 0.304 e. The standard InChI is InChI=1S/C16H17N3S/c1-2-14(16-18-9-10-20-16)19-11-12-7-8-17-15-6-4-3-5-13(12)15/h3-10,14,19H,2,11H2,1H3. The van der Waals surface area contributed by atoms with Gasteiger partial charge in [0.05, 0.1) is 11.6 Å². The first-order valence-electron chi connectivity index (χ1n) is 6.84. The van der Waals surface area contributed by atoms with Gasteiger partial charge in [0.25, 0.3) is 0 Å². The van der Waals surface area contributed by atoms with Gasteiger partial charge in [-0.25, -0.2) is 4.98 Å². The minimum Gasteiger partial charge on any atom is -0.304 e. The van der Waals surface area contributed by atoms with Gasteiger partial charge in [-0.05, 0) is 24.1 Å². The summed E-state index contributed by atoms with van der Waals surface area (Å²) in [6.07, 6.45) is 4.78. The molecule has 1 atom stereocenters. The number of thiazole rings is 1. The van der Waals surface area contributed by atoms with Crippen LogP contribution in [0.15, 0.2) is 48.1 Å². The van der Waals surface area contributed by atoms with Crippen LogP contribution in [-0.4, -0.2) is 9.97 Å². The van der Waals surface area contributed by atoms with E-state index in [-0.39, 0.29) is 0 Å². The van der Waals surface area contributed by atoms with Crippen molar-refractivity contribution >= 4 is 22.2 Å². The monoisotopic (exact) mass is 283 g/mol. The van der Waals surface area contributed by atoms with E-state index >= 15 is 0 Å². The Kier molecular flexibility index (Phi) is 4.04. The van der Waals surface area contributed by atoms with Crippen molar-refractivity contribution < 1.29 is 0 Å². The third-order valence-corrected chi connectivity index (χ3v) is 4.33. The van der Waals surface area contributed by atoms with Gasteiger partial charge in [0.2, 0.25) is 0 Å². The van der Waals surface area contributed by atoms with Crippen molar-refractivity contribution in [2.75, 3.05) is 0 Å². The zero-order chi connectivity index (χ0) is 13.8. The van der Waals surface area contributed by atoms with Crippen molar-refractivity contribution in [2.45, 2.75) is 25.9 Å². The zero-order valence-corrected chi connectivity index (χ0v) is 12.2. The van der Waals surface area contributed by atoms with Crippen LogP contribution in [0, 0.1) is 0 Å². The van der Waals surface area contributed by atoms with Gasteiger partial charge >= 0.3 is 0 Å². The van der Waals surface area contributed by atoms with Crippen molar-refractivity contribution in [1.82, 2.24) is 15.3 Å². The van der Waals surface area contributed by atoms with Gasteiger partial charge in [-0.1, -0.05) is 25.1 Å². The number of nitrogens with zero attached hydrogens (tertiary/aromatic N) is 2. The molecule has 1 N–H and O–H groups in total. The number of fused-ring (bicyclic) bond motifs is 1. The Hall–Kier alpha value is -1.78. The summed E-state index contributed by atoms with van der Waals surface area (Å²) in [5.74, 6) is 0. The number of para-hydroxylation sites is 1. The molecule has 3 nitrogen and oxygen atoms in total. The zero-order valence-electron chi connectivity index (χ0n) is 11.4. The van der Waals surface area contributed by atoms with E-state index in [9.17, 15) is 0 Å². The number of pyridine rings is 1. The molecule has 0 radical (unpaired) electrons. The molecule has 0 aliphatic rings. The molecule has 102 valence electrons. The van der Waals surface area contributed by atoms with Gasteiger partial charge in [0, 0.05) is 29.7 Å². The first kappa shape index (κ1) is 13.2. The summed E-state index contributed by atoms with van der Waals surface area (Å²) in [5.41, 5.74) is 2.33. The van der Waals surface area contributed by atoms with Crippen LogP contribution >= 0.6 is 11.3 Å². The van der Waals surface area contributed by atoms with E-state index in [0.29, 0.717) is 6.04 Å². The molecule has 1 unspecified atom stereocenters. The fraction of sp³-hybridized carbons (Fsp3) is 0.250. The number of rotatable bonds is 5. The SMILES string of the molecule is CCC(NCc1ccnc2ccccc12)c1nccs1. The van der Waals surface area contributed by atoms with Crippen molar-refractivity contribution in [2.24, 2.45) is 0 Å². The average molecular weight is 283 g/mol. The van der Waals surface area contributed by atoms with Crippen LogP contribution in [0.25, 0.3) is 10.9 Å². The molecule has 0 aliphatic heterocycles. The minimum absolute atomic E-state index is 0.321. The Labute approximate surface area is 122 Å². The lowest BCUT2D eigenvalue weighted by Crippen LogP contribution is -2.20. The summed E-state index contributed by atoms with van der Waals surface area (Å²) in [4.78, 5) is 8.81. The molecular formula is C16H17N3S. The molecule has 0 fully saturated rings. The van der Waals surface area contributed by atoms with Crippen LogP contribution in [0.1, 0.15) is 30.0 Å². The molecule has 0 spiro atoms. The topological polar surface area (TPSA) is 37.8 Å². The maximum Gasteiger partial charge on any atom is 0.109 e. The van der Waals surface area contributed by atoms with Crippen LogP contribution in [0.3, 0.4) is 0 Å². The summed E-state index contributed by atoms with van der Waals surface area (Å²) in [7, 11) is 0. The van der Waals surface area contributed by atoms with E-state index in [4.69, 9.17) is 0 Å². The molecule has 3 aromatic rings. The number of aromatic nitrogens is 2. The molecule has 0 bridgehead atoms. The molecule has 3 rings (SSSR count). The summed E-state index contributed by atoms with van der Waals surface area (Å²) < 4.78 is 0. The Morgan fingerprint density at radius 2 is 2.05 bits per heavy atom. The Balaban J connectivity index is 1.80. The first-order valence-corrected chi connectivity index (χ1v) is 7.72. The Bertz CT molecular complexity index is 674. The summed E-state index contributed by atoms with van der Waals surface area (Å²) in [6.45, 7) is 3.02. The lowest BCUT2D eigenvalue weighted by Gasteiger charge is -2.15. The van der Waals surface area contributed by atoms with E-state index < -0.39 is 0 Å². The highest BCUT2D eigenvalue weighted by Crippen LogP contribution is 2.21. The van der Waals surface area contributed by atoms with Gasteiger partial charge in [0.1, 0.15) is 5.01 Å². The van der Waals surface area contributed by atoms with Gasteiger partial charge in [-0.3, -0.25) is 4.98 Å². The molecule has 1 aromatic carbocycles. The second-order valence-electron chi connectivity index (χ2n) is 4.70. The maximum atomic E-state index is 4.41. The van der Waals surface area contributed by atoms with E-state index in [1.165, 1.54) is 10.9 Å². The molecule has 4 heteroatoms. The summed E-state index contributed by atoms with van der Waals surface area (Å²) >= 11 is 1.71. The number of benzene rings is 1. The van der Waals surface area contributed by atoms with E-state index in [1.54, 1.807) is 11.3 Å². The number of hydrogen-bond donors (Lipinski definition) is 1. The molecule has 2 aromatic heterocycles. The Morgan fingerprint density at radius 1 is 1.15 bits per heavy atom. The molecule has 0 aliphatic carbocycles. The second-order valence-corrected chi connectivity index (χ2v) is 5.63. The second kappa shape index (κ2) is 6.11. The molecule has 2 heterocycles. The van der Waals surface area contributed by atoms with Gasteiger partial charge in [-0.15, -0.1) is 11.3 Å². The third-order valence-electron chi connectivity index (χ3n) is 3.44. The maximum absolute atomic E-state index is 4.41. The predicted molar refractivity (Wildman–Crippen MR) is 83.7 cm³/mol. The average Bonchev–Trinajstić information content (AvgIpc) is 3.02. The lowest BCUT2D eigenvalue weighted by atomic mass is 10.1. The van der Waals surface area contributed by atoms with Crippen LogP contribution in [0.4, 0.5) is 0 Å². The van der Waals surface area contributed by atoms with E-state index in [1.807, 2.05) is 23.8 Å².